The van der Waals surface area contributed by atoms with Crippen LogP contribution in [0.4, 0.5) is 10.1 Å². The third kappa shape index (κ3) is 6.09. The molecule has 7 nitrogen and oxygen atoms in total. The Morgan fingerprint density at radius 3 is 2.61 bits per heavy atom. The van der Waals surface area contributed by atoms with Crippen LogP contribution in [-0.4, -0.2) is 74.7 Å². The molecule has 2 aromatic rings. The first-order chi connectivity index (χ1) is 15.7. The first-order valence-electron chi connectivity index (χ1n) is 11.0. The predicted molar refractivity (Wildman–Crippen MR) is 125 cm³/mol. The Hall–Kier alpha value is -2.97. The fourth-order valence-electron chi connectivity index (χ4n) is 3.87. The van der Waals surface area contributed by atoms with Crippen LogP contribution in [0.1, 0.15) is 34.6 Å². The van der Waals surface area contributed by atoms with Crippen molar-refractivity contribution in [3.63, 3.8) is 0 Å². The first kappa shape index (κ1) is 24.7. The maximum Gasteiger partial charge on any atom is 0.257 e. The van der Waals surface area contributed by atoms with Crippen molar-refractivity contribution in [3.8, 4) is 5.75 Å². The van der Waals surface area contributed by atoms with Crippen LogP contribution in [0, 0.1) is 11.7 Å². The Morgan fingerprint density at radius 1 is 1.15 bits per heavy atom. The molecule has 1 aliphatic rings. The van der Waals surface area contributed by atoms with Crippen molar-refractivity contribution in [2.75, 3.05) is 46.2 Å². The van der Waals surface area contributed by atoms with Gasteiger partial charge < -0.3 is 19.7 Å². The Kier molecular flexibility index (Phi) is 8.05. The summed E-state index contributed by atoms with van der Waals surface area (Å²) in [6.45, 7) is 5.80. The van der Waals surface area contributed by atoms with Gasteiger partial charge in [-0.2, -0.15) is 0 Å². The number of carbonyl (C=O) groups is 2. The zero-order valence-electron chi connectivity index (χ0n) is 19.8. The summed E-state index contributed by atoms with van der Waals surface area (Å²) in [5.41, 5.74) is 0.950. The molecular weight excluding hydrogens is 425 g/mol. The fourth-order valence-corrected chi connectivity index (χ4v) is 3.87. The monoisotopic (exact) mass is 457 g/mol. The molecule has 1 heterocycles. The van der Waals surface area contributed by atoms with Gasteiger partial charge in [0.05, 0.1) is 11.7 Å². The molecule has 3 atom stereocenters. The van der Waals surface area contributed by atoms with Crippen LogP contribution in [-0.2, 0) is 4.74 Å². The standard InChI is InChI=1S/C25H32FN3O4/c1-16-13-28(3)17(2)15-33-22-10-9-20(27-24(30)18-7-6-8-19(26)11-18)12-21(22)25(31)29(4)14-23(16)32-5/h6-12,16-17,23H,13-15H2,1-5H3,(H,27,30)/t16-,17-,23+/m0/s1. The molecule has 0 unspecified atom stereocenters. The van der Waals surface area contributed by atoms with Gasteiger partial charge in [-0.1, -0.05) is 13.0 Å². The number of hydrogen-bond acceptors (Lipinski definition) is 5. The number of anilines is 1. The molecule has 0 bridgehead atoms. The molecule has 2 aromatic carbocycles. The number of halogens is 1. The number of fused-ring (bicyclic) bond motifs is 1. The van der Waals surface area contributed by atoms with E-state index in [1.54, 1.807) is 37.3 Å². The lowest BCUT2D eigenvalue weighted by Gasteiger charge is -2.34. The third-order valence-corrected chi connectivity index (χ3v) is 6.10. The quantitative estimate of drug-likeness (QED) is 0.764. The third-order valence-electron chi connectivity index (χ3n) is 6.10. The number of methoxy groups -OCH3 is 1. The van der Waals surface area contributed by atoms with Crippen LogP contribution in [0.2, 0.25) is 0 Å². The van der Waals surface area contributed by atoms with Gasteiger partial charge in [0.25, 0.3) is 11.8 Å². The van der Waals surface area contributed by atoms with Crippen LogP contribution in [0.15, 0.2) is 42.5 Å². The van der Waals surface area contributed by atoms with Crippen LogP contribution < -0.4 is 10.1 Å². The first-order valence-corrected chi connectivity index (χ1v) is 11.0. The highest BCUT2D eigenvalue weighted by Gasteiger charge is 2.27. The average molecular weight is 458 g/mol. The van der Waals surface area contributed by atoms with Crippen molar-refractivity contribution in [1.82, 2.24) is 9.80 Å². The van der Waals surface area contributed by atoms with Crippen molar-refractivity contribution in [2.24, 2.45) is 5.92 Å². The summed E-state index contributed by atoms with van der Waals surface area (Å²) in [7, 11) is 5.43. The minimum Gasteiger partial charge on any atom is -0.491 e. The number of amides is 2. The fraction of sp³-hybridized carbons (Fsp3) is 0.440. The maximum atomic E-state index is 13.5. The highest BCUT2D eigenvalue weighted by Crippen LogP contribution is 2.26. The Balaban J connectivity index is 1.91. The predicted octanol–water partition coefficient (Wildman–Crippen LogP) is 3.51. The van der Waals surface area contributed by atoms with Gasteiger partial charge >= 0.3 is 0 Å². The number of likely N-dealkylation sites (N-methyl/N-ethyl adjacent to an activating group) is 2. The van der Waals surface area contributed by atoms with Crippen molar-refractivity contribution in [1.29, 1.82) is 0 Å². The lowest BCUT2D eigenvalue weighted by Crippen LogP contribution is -2.45. The number of nitrogens with one attached hydrogen (secondary N) is 1. The maximum absolute atomic E-state index is 13.5. The average Bonchev–Trinajstić information content (AvgIpc) is 2.79. The van der Waals surface area contributed by atoms with E-state index in [2.05, 4.69) is 24.1 Å². The molecule has 0 saturated heterocycles. The molecule has 1 N–H and O–H groups in total. The van der Waals surface area contributed by atoms with Gasteiger partial charge in [-0.05, 0) is 56.3 Å². The second-order valence-corrected chi connectivity index (χ2v) is 8.71. The lowest BCUT2D eigenvalue weighted by molar-refractivity contribution is 0.0150. The summed E-state index contributed by atoms with van der Waals surface area (Å²) >= 11 is 0. The van der Waals surface area contributed by atoms with Gasteiger partial charge in [0.1, 0.15) is 18.2 Å². The minimum atomic E-state index is -0.494. The van der Waals surface area contributed by atoms with E-state index in [1.807, 2.05) is 7.05 Å². The molecule has 0 spiro atoms. The number of rotatable bonds is 3. The largest absolute Gasteiger partial charge is 0.491 e. The van der Waals surface area contributed by atoms with Gasteiger partial charge in [-0.15, -0.1) is 0 Å². The van der Waals surface area contributed by atoms with E-state index in [1.165, 1.54) is 18.2 Å². The van der Waals surface area contributed by atoms with Gasteiger partial charge in [0, 0.05) is 44.5 Å². The van der Waals surface area contributed by atoms with E-state index in [9.17, 15) is 14.0 Å². The Morgan fingerprint density at radius 2 is 1.91 bits per heavy atom. The second kappa shape index (κ2) is 10.8. The highest BCUT2D eigenvalue weighted by molar-refractivity contribution is 6.05. The van der Waals surface area contributed by atoms with Crippen molar-refractivity contribution >= 4 is 17.5 Å². The summed E-state index contributed by atoms with van der Waals surface area (Å²) < 4.78 is 25.2. The van der Waals surface area contributed by atoms with Crippen LogP contribution in [0.25, 0.3) is 0 Å². The lowest BCUT2D eigenvalue weighted by atomic mass is 10.0. The summed E-state index contributed by atoms with van der Waals surface area (Å²) in [5.74, 6) is -0.547. The van der Waals surface area contributed by atoms with E-state index < -0.39 is 11.7 Å². The zero-order valence-corrected chi connectivity index (χ0v) is 19.8. The number of carbonyl (C=O) groups excluding carboxylic acids is 2. The molecule has 2 amide bonds. The SMILES string of the molecule is CO[C@@H]1CN(C)C(=O)c2cc(NC(=O)c3cccc(F)c3)ccc2OC[C@H](C)N(C)C[C@@H]1C. The second-order valence-electron chi connectivity index (χ2n) is 8.71. The van der Waals surface area contributed by atoms with Crippen molar-refractivity contribution in [3.05, 3.63) is 59.4 Å². The van der Waals surface area contributed by atoms with Crippen molar-refractivity contribution < 1.29 is 23.5 Å². The van der Waals surface area contributed by atoms with Crippen molar-refractivity contribution in [2.45, 2.75) is 26.0 Å². The van der Waals surface area contributed by atoms with Gasteiger partial charge in [0.2, 0.25) is 0 Å². The summed E-state index contributed by atoms with van der Waals surface area (Å²) in [5, 5.41) is 2.74. The molecule has 0 aliphatic carbocycles. The van der Waals surface area contributed by atoms with Crippen LogP contribution in [0.5, 0.6) is 5.75 Å². The molecule has 0 radical (unpaired) electrons. The van der Waals surface area contributed by atoms with Gasteiger partial charge in [-0.25, -0.2) is 4.39 Å². The van der Waals surface area contributed by atoms with Gasteiger partial charge in [0.15, 0.2) is 0 Å². The van der Waals surface area contributed by atoms with Gasteiger partial charge in [-0.3, -0.25) is 14.5 Å². The van der Waals surface area contributed by atoms with E-state index in [0.717, 1.165) is 12.6 Å². The number of nitrogens with zero attached hydrogens (tertiary/aromatic N) is 2. The summed E-state index contributed by atoms with van der Waals surface area (Å²) in [4.78, 5) is 29.7. The molecule has 1 aliphatic heterocycles. The minimum absolute atomic E-state index is 0.123. The van der Waals surface area contributed by atoms with Crippen LogP contribution >= 0.6 is 0 Å². The topological polar surface area (TPSA) is 71.1 Å². The number of ether oxygens (including phenoxy) is 2. The van der Waals surface area contributed by atoms with Crippen LogP contribution in [0.3, 0.4) is 0 Å². The molecule has 178 valence electrons. The molecule has 0 aromatic heterocycles. The normalized spacial score (nSPS) is 22.5. The molecule has 0 fully saturated rings. The van der Waals surface area contributed by atoms with E-state index >= 15 is 0 Å². The van der Waals surface area contributed by atoms with E-state index in [-0.39, 0.29) is 29.5 Å². The number of hydrogen-bond donors (Lipinski definition) is 1. The smallest absolute Gasteiger partial charge is 0.257 e. The molecule has 3 rings (SSSR count). The zero-order chi connectivity index (χ0) is 24.1. The Bertz CT molecular complexity index is 999. The molecule has 33 heavy (non-hydrogen) atoms. The highest BCUT2D eigenvalue weighted by atomic mass is 19.1. The van der Waals surface area contributed by atoms with E-state index in [4.69, 9.17) is 9.47 Å². The van der Waals surface area contributed by atoms with E-state index in [0.29, 0.717) is 30.2 Å². The molecular formula is C25H32FN3O4. The summed E-state index contributed by atoms with van der Waals surface area (Å²) in [6, 6.07) is 10.5. The Labute approximate surface area is 194 Å². The summed E-state index contributed by atoms with van der Waals surface area (Å²) in [6.07, 6.45) is -0.131. The molecule has 8 heteroatoms. The molecule has 0 saturated carbocycles. The number of benzene rings is 2.